The molecule has 1 aliphatic rings. The van der Waals surface area contributed by atoms with E-state index in [9.17, 15) is 4.79 Å². The summed E-state index contributed by atoms with van der Waals surface area (Å²) in [5.74, 6) is 0.115. The third-order valence-corrected chi connectivity index (χ3v) is 3.52. The molecule has 0 saturated carbocycles. The van der Waals surface area contributed by atoms with Crippen LogP contribution in [0.4, 0.5) is 0 Å². The van der Waals surface area contributed by atoms with Crippen molar-refractivity contribution in [3.05, 3.63) is 35.4 Å². The summed E-state index contributed by atoms with van der Waals surface area (Å²) in [6.07, 6.45) is 0.651. The van der Waals surface area contributed by atoms with Crippen LogP contribution in [0.25, 0.3) is 0 Å². The fraction of sp³-hybridized carbons (Fsp3) is 0.429. The number of nitrogens with one attached hydrogen (secondary N) is 1. The number of nitriles is 1. The van der Waals surface area contributed by atoms with Gasteiger partial charge in [0.05, 0.1) is 23.3 Å². The third-order valence-electron chi connectivity index (χ3n) is 3.52. The van der Waals surface area contributed by atoms with Gasteiger partial charge in [-0.25, -0.2) is 0 Å². The van der Waals surface area contributed by atoms with Gasteiger partial charge in [0.2, 0.25) is 5.91 Å². The number of carbonyl (C=O) groups excluding carboxylic acids is 1. The Hall–Kier alpha value is -1.86. The highest BCUT2D eigenvalue weighted by molar-refractivity contribution is 5.85. The van der Waals surface area contributed by atoms with E-state index < -0.39 is 0 Å². The summed E-state index contributed by atoms with van der Waals surface area (Å²) >= 11 is 0. The summed E-state index contributed by atoms with van der Waals surface area (Å²) in [5, 5.41) is 12.1. The van der Waals surface area contributed by atoms with Crippen LogP contribution in [0.2, 0.25) is 0 Å². The maximum atomic E-state index is 12.1. The minimum absolute atomic E-state index is 0.115. The summed E-state index contributed by atoms with van der Waals surface area (Å²) in [5.41, 5.74) is 1.40. The van der Waals surface area contributed by atoms with Gasteiger partial charge in [-0.15, -0.1) is 0 Å². The zero-order valence-corrected chi connectivity index (χ0v) is 10.9. The van der Waals surface area contributed by atoms with E-state index >= 15 is 0 Å². The van der Waals surface area contributed by atoms with Gasteiger partial charge in [0.1, 0.15) is 0 Å². The molecule has 1 saturated heterocycles. The fourth-order valence-electron chi connectivity index (χ4n) is 2.18. The SMILES string of the molecule is CN1C(=O)[C@H](Cc2ccc(C#N)cc2)NC1(C)C. The zero-order chi connectivity index (χ0) is 13.3. The molecule has 4 nitrogen and oxygen atoms in total. The van der Waals surface area contributed by atoms with Crippen molar-refractivity contribution in [2.45, 2.75) is 32.0 Å². The second-order valence-electron chi connectivity index (χ2n) is 5.17. The van der Waals surface area contributed by atoms with Crippen LogP contribution in [0, 0.1) is 11.3 Å². The van der Waals surface area contributed by atoms with Gasteiger partial charge < -0.3 is 4.90 Å². The molecule has 1 heterocycles. The van der Waals surface area contributed by atoms with Crippen molar-refractivity contribution in [1.29, 1.82) is 5.26 Å². The van der Waals surface area contributed by atoms with Crippen molar-refractivity contribution in [2.24, 2.45) is 0 Å². The molecule has 1 aliphatic heterocycles. The number of likely N-dealkylation sites (N-methyl/N-ethyl adjacent to an activating group) is 1. The molecular weight excluding hydrogens is 226 g/mol. The van der Waals surface area contributed by atoms with Gasteiger partial charge in [0.15, 0.2) is 0 Å². The Morgan fingerprint density at radius 3 is 2.44 bits per heavy atom. The van der Waals surface area contributed by atoms with Gasteiger partial charge >= 0.3 is 0 Å². The number of carbonyl (C=O) groups is 1. The molecule has 0 aromatic heterocycles. The average molecular weight is 243 g/mol. The van der Waals surface area contributed by atoms with Crippen molar-refractivity contribution in [3.8, 4) is 6.07 Å². The Bertz CT molecular complexity index is 499. The van der Waals surface area contributed by atoms with E-state index in [0.29, 0.717) is 12.0 Å². The zero-order valence-electron chi connectivity index (χ0n) is 10.9. The standard InChI is InChI=1S/C14H17N3O/c1-14(2)16-12(13(18)17(14)3)8-10-4-6-11(9-15)7-5-10/h4-7,12,16H,8H2,1-3H3/t12-/m0/s1. The number of rotatable bonds is 2. The largest absolute Gasteiger partial charge is 0.327 e. The molecule has 0 bridgehead atoms. The molecule has 1 N–H and O–H groups in total. The predicted molar refractivity (Wildman–Crippen MR) is 68.6 cm³/mol. The highest BCUT2D eigenvalue weighted by Gasteiger charge is 2.41. The minimum Gasteiger partial charge on any atom is -0.327 e. The lowest BCUT2D eigenvalue weighted by Gasteiger charge is -2.27. The first-order chi connectivity index (χ1) is 8.44. The molecule has 94 valence electrons. The van der Waals surface area contributed by atoms with Crippen LogP contribution in [0.15, 0.2) is 24.3 Å². The van der Waals surface area contributed by atoms with Gasteiger partial charge in [-0.2, -0.15) is 5.26 Å². The number of nitrogens with zero attached hydrogens (tertiary/aromatic N) is 2. The summed E-state index contributed by atoms with van der Waals surface area (Å²) in [4.78, 5) is 13.8. The van der Waals surface area contributed by atoms with Gasteiger partial charge in [0.25, 0.3) is 0 Å². The van der Waals surface area contributed by atoms with Crippen molar-refractivity contribution in [3.63, 3.8) is 0 Å². The molecule has 1 aromatic carbocycles. The molecule has 1 aromatic rings. The maximum Gasteiger partial charge on any atom is 0.241 e. The van der Waals surface area contributed by atoms with Crippen molar-refractivity contribution < 1.29 is 4.79 Å². The Labute approximate surface area is 107 Å². The molecule has 4 heteroatoms. The normalized spacial score (nSPS) is 22.0. The first kappa shape index (κ1) is 12.6. The summed E-state index contributed by atoms with van der Waals surface area (Å²) in [7, 11) is 1.81. The van der Waals surface area contributed by atoms with E-state index in [4.69, 9.17) is 5.26 Å². The highest BCUT2D eigenvalue weighted by Crippen LogP contribution is 2.21. The lowest BCUT2D eigenvalue weighted by atomic mass is 10.0. The van der Waals surface area contributed by atoms with Crippen molar-refractivity contribution in [2.75, 3.05) is 7.05 Å². The predicted octanol–water partition coefficient (Wildman–Crippen LogP) is 1.27. The second-order valence-corrected chi connectivity index (χ2v) is 5.17. The topological polar surface area (TPSA) is 56.1 Å². The molecule has 0 aliphatic carbocycles. The van der Waals surface area contributed by atoms with E-state index in [-0.39, 0.29) is 17.6 Å². The van der Waals surface area contributed by atoms with Gasteiger partial charge in [-0.1, -0.05) is 12.1 Å². The number of benzene rings is 1. The highest BCUT2D eigenvalue weighted by atomic mass is 16.2. The molecule has 18 heavy (non-hydrogen) atoms. The van der Waals surface area contributed by atoms with E-state index in [0.717, 1.165) is 5.56 Å². The van der Waals surface area contributed by atoms with Gasteiger partial charge in [-0.05, 0) is 38.0 Å². The van der Waals surface area contributed by atoms with Crippen molar-refractivity contribution >= 4 is 5.91 Å². The first-order valence-corrected chi connectivity index (χ1v) is 5.98. The number of hydrogen-bond acceptors (Lipinski definition) is 3. The Balaban J connectivity index is 2.11. The van der Waals surface area contributed by atoms with Crippen LogP contribution in [0.5, 0.6) is 0 Å². The quantitative estimate of drug-likeness (QED) is 0.851. The lowest BCUT2D eigenvalue weighted by Crippen LogP contribution is -2.45. The summed E-state index contributed by atoms with van der Waals surface area (Å²) in [6.45, 7) is 3.98. The van der Waals surface area contributed by atoms with Crippen LogP contribution in [0.3, 0.4) is 0 Å². The van der Waals surface area contributed by atoms with Crippen LogP contribution < -0.4 is 5.32 Å². The molecule has 2 rings (SSSR count). The third kappa shape index (κ3) is 2.22. The van der Waals surface area contributed by atoms with E-state index in [2.05, 4.69) is 11.4 Å². The Morgan fingerprint density at radius 1 is 1.39 bits per heavy atom. The molecule has 0 unspecified atom stereocenters. The van der Waals surface area contributed by atoms with Crippen LogP contribution in [0.1, 0.15) is 25.0 Å². The Kier molecular flexibility index (Phi) is 3.10. The molecule has 1 atom stereocenters. The monoisotopic (exact) mass is 243 g/mol. The molecule has 0 radical (unpaired) electrons. The van der Waals surface area contributed by atoms with E-state index in [1.165, 1.54) is 0 Å². The van der Waals surface area contributed by atoms with Gasteiger partial charge in [0, 0.05) is 7.05 Å². The number of hydrogen-bond donors (Lipinski definition) is 1. The summed E-state index contributed by atoms with van der Waals surface area (Å²) in [6, 6.07) is 9.27. The molecular formula is C14H17N3O. The maximum absolute atomic E-state index is 12.1. The fourth-order valence-corrected chi connectivity index (χ4v) is 2.18. The van der Waals surface area contributed by atoms with Crippen molar-refractivity contribution in [1.82, 2.24) is 10.2 Å². The number of amides is 1. The Morgan fingerprint density at radius 2 is 2.00 bits per heavy atom. The minimum atomic E-state index is -0.297. The average Bonchev–Trinajstić information content (AvgIpc) is 2.54. The van der Waals surface area contributed by atoms with Gasteiger partial charge in [-0.3, -0.25) is 10.1 Å². The lowest BCUT2D eigenvalue weighted by molar-refractivity contribution is -0.129. The van der Waals surface area contributed by atoms with E-state index in [1.807, 2.05) is 33.0 Å². The molecule has 1 fully saturated rings. The van der Waals surface area contributed by atoms with E-state index in [1.54, 1.807) is 17.0 Å². The smallest absolute Gasteiger partial charge is 0.241 e. The first-order valence-electron chi connectivity index (χ1n) is 5.98. The molecule has 0 spiro atoms. The van der Waals surface area contributed by atoms with Crippen LogP contribution in [-0.2, 0) is 11.2 Å². The second kappa shape index (κ2) is 4.43. The summed E-state index contributed by atoms with van der Waals surface area (Å²) < 4.78 is 0. The molecule has 1 amide bonds. The van der Waals surface area contributed by atoms with Crippen LogP contribution in [-0.4, -0.2) is 29.6 Å². The van der Waals surface area contributed by atoms with Crippen LogP contribution >= 0.6 is 0 Å².